The molecule has 90 valence electrons. The molecule has 3 rings (SSSR count). The lowest BCUT2D eigenvalue weighted by Crippen LogP contribution is -2.16. The van der Waals surface area contributed by atoms with Crippen molar-refractivity contribution in [3.63, 3.8) is 0 Å². The highest BCUT2D eigenvalue weighted by atomic mass is 16.5. The molecule has 2 nitrogen and oxygen atoms in total. The van der Waals surface area contributed by atoms with Crippen molar-refractivity contribution in [2.24, 2.45) is 0 Å². The lowest BCUT2D eigenvalue weighted by molar-refractivity contribution is 0.103. The molecule has 0 unspecified atom stereocenters. The number of carbonyl (C=O) groups excluding carboxylic acids is 1. The van der Waals surface area contributed by atoms with Crippen LogP contribution in [0, 0.1) is 0 Å². The molecule has 2 heteroatoms. The molecule has 0 atom stereocenters. The maximum Gasteiger partial charge on any atom is 0.193 e. The maximum atomic E-state index is 12.4. The van der Waals surface area contributed by atoms with Gasteiger partial charge < -0.3 is 4.74 Å². The monoisotopic (exact) mass is 238 g/mol. The Bertz CT molecular complexity index is 614. The first-order valence-corrected chi connectivity index (χ1v) is 6.18. The average molecular weight is 238 g/mol. The molecule has 0 aliphatic heterocycles. The van der Waals surface area contributed by atoms with Crippen LogP contribution in [-0.2, 0) is 6.42 Å². The fraction of sp³-hybridized carbons (Fsp3) is 0.188. The third kappa shape index (κ3) is 1.61. The Morgan fingerprint density at radius 3 is 2.67 bits per heavy atom. The predicted octanol–water partition coefficient (Wildman–Crippen LogP) is 3.22. The Labute approximate surface area is 106 Å². The summed E-state index contributed by atoms with van der Waals surface area (Å²) in [6, 6.07) is 13.5. The number of carbonyl (C=O) groups is 1. The molecule has 1 aliphatic carbocycles. The van der Waals surface area contributed by atoms with Crippen molar-refractivity contribution in [2.75, 3.05) is 6.61 Å². The molecule has 0 N–H and O–H groups in total. The van der Waals surface area contributed by atoms with Crippen LogP contribution in [0.3, 0.4) is 0 Å². The number of ketones is 1. The van der Waals surface area contributed by atoms with Crippen molar-refractivity contribution in [3.8, 4) is 5.75 Å². The van der Waals surface area contributed by atoms with Gasteiger partial charge in [0.1, 0.15) is 5.75 Å². The number of fused-ring (bicyclic) bond motifs is 2. The zero-order valence-corrected chi connectivity index (χ0v) is 10.3. The van der Waals surface area contributed by atoms with Gasteiger partial charge in [0.2, 0.25) is 0 Å². The quantitative estimate of drug-likeness (QED) is 0.685. The van der Waals surface area contributed by atoms with Crippen LogP contribution in [0.1, 0.15) is 34.0 Å². The highest BCUT2D eigenvalue weighted by Gasteiger charge is 2.24. The molecule has 0 spiro atoms. The third-order valence-electron chi connectivity index (χ3n) is 3.31. The van der Waals surface area contributed by atoms with Gasteiger partial charge in [0, 0.05) is 23.1 Å². The topological polar surface area (TPSA) is 26.3 Å². The number of benzene rings is 2. The normalized spacial score (nSPS) is 12.8. The van der Waals surface area contributed by atoms with Gasteiger partial charge in [0.05, 0.1) is 6.61 Å². The standard InChI is InChI=1S/C16H14O2/c1-2-18-15-9-5-8-13-14(15)10-11-6-3-4-7-12(11)16(13)17/h3-9H,2,10H2,1H3. The summed E-state index contributed by atoms with van der Waals surface area (Å²) >= 11 is 0. The molecule has 2 aromatic rings. The predicted molar refractivity (Wildman–Crippen MR) is 70.3 cm³/mol. The van der Waals surface area contributed by atoms with Gasteiger partial charge in [0.15, 0.2) is 5.78 Å². The minimum Gasteiger partial charge on any atom is -0.494 e. The molecule has 0 aromatic heterocycles. The van der Waals surface area contributed by atoms with E-state index in [1.165, 1.54) is 0 Å². The van der Waals surface area contributed by atoms with Gasteiger partial charge in [-0.05, 0) is 18.6 Å². The number of ether oxygens (including phenoxy) is 1. The summed E-state index contributed by atoms with van der Waals surface area (Å²) in [5.41, 5.74) is 3.70. The molecule has 0 radical (unpaired) electrons. The van der Waals surface area contributed by atoms with Crippen LogP contribution >= 0.6 is 0 Å². The smallest absolute Gasteiger partial charge is 0.193 e. The second kappa shape index (κ2) is 4.30. The average Bonchev–Trinajstić information content (AvgIpc) is 2.40. The zero-order valence-electron chi connectivity index (χ0n) is 10.3. The van der Waals surface area contributed by atoms with E-state index in [2.05, 4.69) is 0 Å². The summed E-state index contributed by atoms with van der Waals surface area (Å²) in [4.78, 5) is 12.4. The van der Waals surface area contributed by atoms with E-state index < -0.39 is 0 Å². The van der Waals surface area contributed by atoms with Crippen LogP contribution in [0.25, 0.3) is 0 Å². The molecule has 2 aromatic carbocycles. The van der Waals surface area contributed by atoms with Crippen molar-refractivity contribution in [3.05, 3.63) is 64.7 Å². The molecule has 18 heavy (non-hydrogen) atoms. The Morgan fingerprint density at radius 2 is 1.83 bits per heavy atom. The van der Waals surface area contributed by atoms with Crippen molar-refractivity contribution >= 4 is 5.78 Å². The van der Waals surface area contributed by atoms with Crippen LogP contribution in [0.15, 0.2) is 42.5 Å². The Kier molecular flexibility index (Phi) is 2.63. The highest BCUT2D eigenvalue weighted by Crippen LogP contribution is 2.32. The second-order valence-corrected chi connectivity index (χ2v) is 4.38. The number of rotatable bonds is 2. The first kappa shape index (κ1) is 11.0. The summed E-state index contributed by atoms with van der Waals surface area (Å²) in [6.45, 7) is 2.57. The lowest BCUT2D eigenvalue weighted by Gasteiger charge is -2.20. The lowest BCUT2D eigenvalue weighted by atomic mass is 9.84. The van der Waals surface area contributed by atoms with E-state index in [1.54, 1.807) is 0 Å². The van der Waals surface area contributed by atoms with Crippen LogP contribution in [0.2, 0.25) is 0 Å². The molecular weight excluding hydrogens is 224 g/mol. The molecule has 0 bridgehead atoms. The second-order valence-electron chi connectivity index (χ2n) is 4.38. The summed E-state index contributed by atoms with van der Waals surface area (Å²) in [5, 5.41) is 0. The molecule has 0 saturated carbocycles. The van der Waals surface area contributed by atoms with Gasteiger partial charge in [-0.15, -0.1) is 0 Å². The van der Waals surface area contributed by atoms with Gasteiger partial charge in [-0.1, -0.05) is 36.4 Å². The van der Waals surface area contributed by atoms with Crippen molar-refractivity contribution in [1.82, 2.24) is 0 Å². The Hall–Kier alpha value is -2.09. The minimum atomic E-state index is 0.105. The van der Waals surface area contributed by atoms with E-state index in [1.807, 2.05) is 49.4 Å². The SMILES string of the molecule is CCOc1cccc2c1Cc1ccccc1C2=O. The van der Waals surface area contributed by atoms with Gasteiger partial charge in [-0.3, -0.25) is 4.79 Å². The highest BCUT2D eigenvalue weighted by molar-refractivity contribution is 6.12. The molecule has 1 aliphatic rings. The number of hydrogen-bond donors (Lipinski definition) is 0. The Balaban J connectivity index is 2.16. The summed E-state index contributed by atoms with van der Waals surface area (Å²) < 4.78 is 5.62. The van der Waals surface area contributed by atoms with Crippen LogP contribution in [0.5, 0.6) is 5.75 Å². The van der Waals surface area contributed by atoms with Crippen molar-refractivity contribution in [2.45, 2.75) is 13.3 Å². The van der Waals surface area contributed by atoms with Gasteiger partial charge in [-0.2, -0.15) is 0 Å². The van der Waals surface area contributed by atoms with Gasteiger partial charge in [-0.25, -0.2) is 0 Å². The minimum absolute atomic E-state index is 0.105. The fourth-order valence-electron chi connectivity index (χ4n) is 2.48. The largest absolute Gasteiger partial charge is 0.494 e. The van der Waals surface area contributed by atoms with Crippen LogP contribution in [-0.4, -0.2) is 12.4 Å². The van der Waals surface area contributed by atoms with Crippen molar-refractivity contribution < 1.29 is 9.53 Å². The number of hydrogen-bond acceptors (Lipinski definition) is 2. The fourth-order valence-corrected chi connectivity index (χ4v) is 2.48. The third-order valence-corrected chi connectivity index (χ3v) is 3.31. The molecule has 0 saturated heterocycles. The first-order chi connectivity index (χ1) is 8.81. The summed E-state index contributed by atoms with van der Waals surface area (Å²) in [6.07, 6.45) is 0.771. The Morgan fingerprint density at radius 1 is 1.06 bits per heavy atom. The van der Waals surface area contributed by atoms with Gasteiger partial charge in [0.25, 0.3) is 0 Å². The molecule has 0 heterocycles. The zero-order chi connectivity index (χ0) is 12.5. The molecule has 0 amide bonds. The van der Waals surface area contributed by atoms with Crippen LogP contribution < -0.4 is 4.74 Å². The molecule has 0 fully saturated rings. The van der Waals surface area contributed by atoms with E-state index in [4.69, 9.17) is 4.74 Å². The van der Waals surface area contributed by atoms with E-state index >= 15 is 0 Å². The van der Waals surface area contributed by atoms with Crippen molar-refractivity contribution in [1.29, 1.82) is 0 Å². The van der Waals surface area contributed by atoms with E-state index in [0.29, 0.717) is 6.61 Å². The van der Waals surface area contributed by atoms with E-state index in [0.717, 1.165) is 34.4 Å². The first-order valence-electron chi connectivity index (χ1n) is 6.18. The van der Waals surface area contributed by atoms with Gasteiger partial charge >= 0.3 is 0 Å². The summed E-state index contributed by atoms with van der Waals surface area (Å²) in [5.74, 6) is 0.936. The maximum absolute atomic E-state index is 12.4. The summed E-state index contributed by atoms with van der Waals surface area (Å²) in [7, 11) is 0. The van der Waals surface area contributed by atoms with E-state index in [-0.39, 0.29) is 5.78 Å². The van der Waals surface area contributed by atoms with E-state index in [9.17, 15) is 4.79 Å². The molecular formula is C16H14O2. The van der Waals surface area contributed by atoms with Crippen LogP contribution in [0.4, 0.5) is 0 Å².